The van der Waals surface area contributed by atoms with E-state index in [0.717, 1.165) is 43.2 Å². The average molecular weight is 229 g/mol. The van der Waals surface area contributed by atoms with Crippen LogP contribution in [0.4, 0.5) is 4.39 Å². The van der Waals surface area contributed by atoms with Gasteiger partial charge in [0.1, 0.15) is 5.82 Å². The van der Waals surface area contributed by atoms with E-state index in [-0.39, 0.29) is 5.82 Å². The van der Waals surface area contributed by atoms with E-state index in [1.54, 1.807) is 6.07 Å². The third kappa shape index (κ3) is 1.62. The number of hydrogen-bond acceptors (Lipinski definition) is 2. The van der Waals surface area contributed by atoms with Crippen LogP contribution in [-0.2, 0) is 12.8 Å². The van der Waals surface area contributed by atoms with E-state index < -0.39 is 0 Å². The van der Waals surface area contributed by atoms with Gasteiger partial charge in [0.25, 0.3) is 0 Å². The Balaban J connectivity index is 2.39. The smallest absolute Gasteiger partial charge is 0.151 e. The number of fused-ring (bicyclic) bond motifs is 2. The van der Waals surface area contributed by atoms with Gasteiger partial charge in [-0.15, -0.1) is 0 Å². The lowest BCUT2D eigenvalue weighted by Gasteiger charge is -2.18. The summed E-state index contributed by atoms with van der Waals surface area (Å²) in [7, 11) is 0. The number of pyridine rings is 1. The van der Waals surface area contributed by atoms with Crippen LogP contribution in [0.1, 0.15) is 34.5 Å². The standard InChI is InChI=1S/C14H12FNO/c15-9-5-6-14-11(7-9)12(8-17)10-3-1-2-4-13(10)16-14/h5-8H,1-4H2. The summed E-state index contributed by atoms with van der Waals surface area (Å²) in [6.45, 7) is 0. The highest BCUT2D eigenvalue weighted by atomic mass is 19.1. The van der Waals surface area contributed by atoms with Crippen LogP contribution in [0.25, 0.3) is 10.9 Å². The average Bonchev–Trinajstić information content (AvgIpc) is 2.36. The lowest BCUT2D eigenvalue weighted by molar-refractivity contribution is 0.112. The fourth-order valence-corrected chi connectivity index (χ4v) is 2.57. The molecular weight excluding hydrogens is 217 g/mol. The highest BCUT2D eigenvalue weighted by Crippen LogP contribution is 2.28. The number of nitrogens with zero attached hydrogens (tertiary/aromatic N) is 1. The molecule has 0 radical (unpaired) electrons. The molecule has 0 amide bonds. The third-order valence-electron chi connectivity index (χ3n) is 3.39. The zero-order chi connectivity index (χ0) is 11.8. The summed E-state index contributed by atoms with van der Waals surface area (Å²) >= 11 is 0. The van der Waals surface area contributed by atoms with E-state index in [1.807, 2.05) is 0 Å². The minimum atomic E-state index is -0.321. The minimum Gasteiger partial charge on any atom is -0.298 e. The van der Waals surface area contributed by atoms with Crippen LogP contribution in [0.15, 0.2) is 18.2 Å². The molecule has 2 aromatic rings. The Morgan fingerprint density at radius 2 is 2.06 bits per heavy atom. The maximum atomic E-state index is 13.2. The summed E-state index contributed by atoms with van der Waals surface area (Å²) in [6, 6.07) is 4.44. The van der Waals surface area contributed by atoms with Gasteiger partial charge in [-0.2, -0.15) is 0 Å². The Hall–Kier alpha value is -1.77. The predicted octanol–water partition coefficient (Wildman–Crippen LogP) is 3.07. The number of aldehydes is 1. The molecule has 0 saturated carbocycles. The van der Waals surface area contributed by atoms with Gasteiger partial charge in [0, 0.05) is 16.6 Å². The summed E-state index contributed by atoms with van der Waals surface area (Å²) in [6.07, 6.45) is 4.83. The van der Waals surface area contributed by atoms with Gasteiger partial charge in [0.2, 0.25) is 0 Å². The number of halogens is 1. The summed E-state index contributed by atoms with van der Waals surface area (Å²) in [5.41, 5.74) is 3.38. The van der Waals surface area contributed by atoms with Crippen molar-refractivity contribution in [2.24, 2.45) is 0 Å². The number of rotatable bonds is 1. The first-order valence-corrected chi connectivity index (χ1v) is 5.86. The second-order valence-corrected chi connectivity index (χ2v) is 4.44. The molecular formula is C14H12FNO. The van der Waals surface area contributed by atoms with Crippen molar-refractivity contribution in [3.05, 3.63) is 40.8 Å². The summed E-state index contributed by atoms with van der Waals surface area (Å²) in [5.74, 6) is -0.321. The quantitative estimate of drug-likeness (QED) is 0.703. The molecule has 0 spiro atoms. The number of aromatic nitrogens is 1. The van der Waals surface area contributed by atoms with Crippen LogP contribution in [0, 0.1) is 5.82 Å². The van der Waals surface area contributed by atoms with Gasteiger partial charge in [-0.3, -0.25) is 9.78 Å². The van der Waals surface area contributed by atoms with Crippen molar-refractivity contribution < 1.29 is 9.18 Å². The highest BCUT2D eigenvalue weighted by molar-refractivity contribution is 5.98. The van der Waals surface area contributed by atoms with Crippen LogP contribution in [0.2, 0.25) is 0 Å². The van der Waals surface area contributed by atoms with E-state index in [9.17, 15) is 9.18 Å². The summed E-state index contributed by atoms with van der Waals surface area (Å²) in [5, 5.41) is 0.639. The molecule has 1 aromatic carbocycles. The first kappa shape index (κ1) is 10.4. The van der Waals surface area contributed by atoms with Gasteiger partial charge in [0.05, 0.1) is 5.52 Å². The molecule has 2 nitrogen and oxygen atoms in total. The van der Waals surface area contributed by atoms with Crippen molar-refractivity contribution in [2.45, 2.75) is 25.7 Å². The van der Waals surface area contributed by atoms with Crippen molar-refractivity contribution in [3.63, 3.8) is 0 Å². The first-order valence-electron chi connectivity index (χ1n) is 5.86. The fourth-order valence-electron chi connectivity index (χ4n) is 2.57. The zero-order valence-electron chi connectivity index (χ0n) is 9.37. The molecule has 0 N–H and O–H groups in total. The number of hydrogen-bond donors (Lipinski definition) is 0. The topological polar surface area (TPSA) is 30.0 Å². The zero-order valence-corrected chi connectivity index (χ0v) is 9.37. The molecule has 0 aliphatic heterocycles. The molecule has 17 heavy (non-hydrogen) atoms. The maximum Gasteiger partial charge on any atom is 0.151 e. The Morgan fingerprint density at radius 1 is 1.24 bits per heavy atom. The number of carbonyl (C=O) groups is 1. The van der Waals surface area contributed by atoms with Crippen molar-refractivity contribution in [1.29, 1.82) is 0 Å². The Kier molecular flexibility index (Phi) is 2.39. The van der Waals surface area contributed by atoms with E-state index >= 15 is 0 Å². The molecule has 0 unspecified atom stereocenters. The van der Waals surface area contributed by atoms with E-state index in [0.29, 0.717) is 16.5 Å². The normalized spacial score (nSPS) is 14.6. The third-order valence-corrected chi connectivity index (χ3v) is 3.39. The van der Waals surface area contributed by atoms with Crippen molar-refractivity contribution in [3.8, 4) is 0 Å². The van der Waals surface area contributed by atoms with Gasteiger partial charge >= 0.3 is 0 Å². The van der Waals surface area contributed by atoms with Crippen LogP contribution in [0.3, 0.4) is 0 Å². The lowest BCUT2D eigenvalue weighted by Crippen LogP contribution is -2.09. The number of carbonyl (C=O) groups excluding carboxylic acids is 1. The molecule has 86 valence electrons. The molecule has 1 aliphatic rings. The molecule has 0 atom stereocenters. The van der Waals surface area contributed by atoms with Crippen molar-refractivity contribution in [2.75, 3.05) is 0 Å². The molecule has 3 rings (SSSR count). The van der Waals surface area contributed by atoms with Gasteiger partial charge < -0.3 is 0 Å². The van der Waals surface area contributed by atoms with Gasteiger partial charge in [-0.25, -0.2) is 4.39 Å². The van der Waals surface area contributed by atoms with Crippen LogP contribution in [0.5, 0.6) is 0 Å². The molecule has 3 heteroatoms. The lowest BCUT2D eigenvalue weighted by atomic mass is 9.90. The predicted molar refractivity (Wildman–Crippen MR) is 63.7 cm³/mol. The molecule has 0 fully saturated rings. The van der Waals surface area contributed by atoms with Crippen molar-refractivity contribution >= 4 is 17.2 Å². The van der Waals surface area contributed by atoms with Crippen LogP contribution >= 0.6 is 0 Å². The Bertz CT molecular complexity index is 607. The van der Waals surface area contributed by atoms with Crippen molar-refractivity contribution in [1.82, 2.24) is 4.98 Å². The first-order chi connectivity index (χ1) is 8.29. The second kappa shape index (κ2) is 3.91. The van der Waals surface area contributed by atoms with E-state index in [2.05, 4.69) is 4.98 Å². The highest BCUT2D eigenvalue weighted by Gasteiger charge is 2.17. The van der Waals surface area contributed by atoms with Gasteiger partial charge in [0.15, 0.2) is 6.29 Å². The SMILES string of the molecule is O=Cc1c2c(nc3ccc(F)cc13)CCCC2. The minimum absolute atomic E-state index is 0.321. The monoisotopic (exact) mass is 229 g/mol. The fraction of sp³-hybridized carbons (Fsp3) is 0.286. The molecule has 1 aliphatic carbocycles. The summed E-state index contributed by atoms with van der Waals surface area (Å²) < 4.78 is 13.2. The van der Waals surface area contributed by atoms with Gasteiger partial charge in [-0.1, -0.05) is 0 Å². The van der Waals surface area contributed by atoms with Crippen LogP contribution in [-0.4, -0.2) is 11.3 Å². The molecule has 0 bridgehead atoms. The molecule has 0 saturated heterocycles. The summed E-state index contributed by atoms with van der Waals surface area (Å²) in [4.78, 5) is 15.8. The number of aryl methyl sites for hydroxylation is 1. The molecule has 1 aromatic heterocycles. The van der Waals surface area contributed by atoms with E-state index in [1.165, 1.54) is 12.1 Å². The number of benzene rings is 1. The Morgan fingerprint density at radius 3 is 2.88 bits per heavy atom. The van der Waals surface area contributed by atoms with E-state index in [4.69, 9.17) is 0 Å². The van der Waals surface area contributed by atoms with Gasteiger partial charge in [-0.05, 0) is 49.4 Å². The largest absolute Gasteiger partial charge is 0.298 e. The maximum absolute atomic E-state index is 13.2. The molecule has 1 heterocycles. The van der Waals surface area contributed by atoms with Crippen LogP contribution < -0.4 is 0 Å². The Labute approximate surface area is 98.5 Å². The second-order valence-electron chi connectivity index (χ2n) is 4.44.